The molecule has 2 aromatic heterocycles. The third-order valence-electron chi connectivity index (χ3n) is 5.08. The maximum Gasteiger partial charge on any atom is 0.188 e. The van der Waals surface area contributed by atoms with Crippen LogP contribution in [0.4, 0.5) is 5.13 Å². The number of fused-ring (bicyclic) bond motifs is 1. The third-order valence-corrected chi connectivity index (χ3v) is 6.18. The topological polar surface area (TPSA) is 69.9 Å². The van der Waals surface area contributed by atoms with Gasteiger partial charge in [-0.1, -0.05) is 41.7 Å². The molecule has 1 aliphatic rings. The molecule has 1 saturated heterocycles. The number of hydrogen-bond acceptors (Lipinski definition) is 6. The first-order valence-electron chi connectivity index (χ1n) is 9.17. The highest BCUT2D eigenvalue weighted by molar-refractivity contribution is 7.22. The number of aryl methyl sites for hydroxylation is 2. The van der Waals surface area contributed by atoms with Crippen molar-refractivity contribution in [2.24, 2.45) is 0 Å². The Kier molecular flexibility index (Phi) is 4.87. The van der Waals surface area contributed by atoms with Crippen molar-refractivity contribution < 1.29 is 4.79 Å². The summed E-state index contributed by atoms with van der Waals surface area (Å²) in [5.74, 6) is 0.264. The molecule has 136 valence electrons. The maximum atomic E-state index is 12.9. The second-order valence-electron chi connectivity index (χ2n) is 6.88. The van der Waals surface area contributed by atoms with Crippen molar-refractivity contribution in [3.05, 3.63) is 53.2 Å². The normalized spacial score (nSPS) is 16.6. The highest BCUT2D eigenvalue weighted by atomic mass is 32.1. The number of anilines is 1. The van der Waals surface area contributed by atoms with Gasteiger partial charge in [-0.05, 0) is 37.3 Å². The monoisotopic (exact) mass is 376 g/mol. The lowest BCUT2D eigenvalue weighted by Gasteiger charge is -2.22. The molecule has 1 aliphatic heterocycles. The van der Waals surface area contributed by atoms with Crippen LogP contribution in [0.25, 0.3) is 10.3 Å². The van der Waals surface area contributed by atoms with E-state index in [4.69, 9.17) is 0 Å². The van der Waals surface area contributed by atoms with E-state index in [2.05, 4.69) is 33.1 Å². The molecule has 27 heavy (non-hydrogen) atoms. The second-order valence-corrected chi connectivity index (χ2v) is 7.86. The van der Waals surface area contributed by atoms with Gasteiger partial charge in [-0.2, -0.15) is 10.2 Å². The summed E-state index contributed by atoms with van der Waals surface area (Å²) in [5.41, 5.74) is 3.28. The second kappa shape index (κ2) is 7.45. The molecule has 0 aliphatic carbocycles. The molecule has 3 aromatic rings. The molecule has 3 heterocycles. The zero-order chi connectivity index (χ0) is 18.8. The van der Waals surface area contributed by atoms with Crippen LogP contribution < -0.4 is 4.90 Å². The zero-order valence-electron chi connectivity index (χ0n) is 15.2. The molecule has 0 bridgehead atoms. The molecule has 1 aromatic carbocycles. The van der Waals surface area contributed by atoms with Gasteiger partial charge < -0.3 is 4.90 Å². The van der Waals surface area contributed by atoms with E-state index in [0.29, 0.717) is 17.6 Å². The molecule has 1 atom stereocenters. The SMILES string of the molecule is Cc1cnc2nc(N3CCC[C@@H]3C(=O)CCc3ccccc3)sc2c1C#N. The number of pyridine rings is 1. The molecule has 0 N–H and O–H groups in total. The summed E-state index contributed by atoms with van der Waals surface area (Å²) < 4.78 is 0.815. The molecule has 4 rings (SSSR count). The van der Waals surface area contributed by atoms with Crippen LogP contribution in [0.15, 0.2) is 36.5 Å². The first-order chi connectivity index (χ1) is 13.2. The van der Waals surface area contributed by atoms with Gasteiger partial charge in [0.25, 0.3) is 0 Å². The molecule has 1 fully saturated rings. The van der Waals surface area contributed by atoms with Gasteiger partial charge in [0.05, 0.1) is 16.3 Å². The fourth-order valence-corrected chi connectivity index (χ4v) is 4.77. The summed E-state index contributed by atoms with van der Waals surface area (Å²) in [4.78, 5) is 24.0. The van der Waals surface area contributed by atoms with Crippen LogP contribution >= 0.6 is 11.3 Å². The number of aromatic nitrogens is 2. The van der Waals surface area contributed by atoms with Gasteiger partial charge in [-0.3, -0.25) is 4.79 Å². The predicted molar refractivity (Wildman–Crippen MR) is 107 cm³/mol. The van der Waals surface area contributed by atoms with Gasteiger partial charge in [0.15, 0.2) is 16.6 Å². The number of Topliss-reactive ketones (excluding diaryl/α,β-unsaturated/α-hetero) is 1. The van der Waals surface area contributed by atoms with Gasteiger partial charge in [0.2, 0.25) is 0 Å². The van der Waals surface area contributed by atoms with Crippen LogP contribution in [0, 0.1) is 18.3 Å². The lowest BCUT2D eigenvalue weighted by molar-refractivity contribution is -0.120. The Balaban J connectivity index is 1.55. The number of benzene rings is 1. The van der Waals surface area contributed by atoms with E-state index in [1.54, 1.807) is 6.20 Å². The minimum atomic E-state index is -0.124. The number of nitriles is 1. The number of hydrogen-bond donors (Lipinski definition) is 0. The Morgan fingerprint density at radius 1 is 1.37 bits per heavy atom. The summed E-state index contributed by atoms with van der Waals surface area (Å²) in [6.07, 6.45) is 4.84. The predicted octanol–water partition coefficient (Wildman–Crippen LogP) is 4.04. The van der Waals surface area contributed by atoms with Gasteiger partial charge in [0.1, 0.15) is 6.07 Å². The number of carbonyl (C=O) groups is 1. The largest absolute Gasteiger partial charge is 0.338 e. The fraction of sp³-hybridized carbons (Fsp3) is 0.333. The highest BCUT2D eigenvalue weighted by Crippen LogP contribution is 2.35. The van der Waals surface area contributed by atoms with Crippen LogP contribution in [0.5, 0.6) is 0 Å². The molecule has 0 amide bonds. The molecular weight excluding hydrogens is 356 g/mol. The van der Waals surface area contributed by atoms with Crippen molar-refractivity contribution in [3.63, 3.8) is 0 Å². The number of rotatable bonds is 5. The molecule has 0 radical (unpaired) electrons. The van der Waals surface area contributed by atoms with Crippen LogP contribution in [0.1, 0.15) is 36.0 Å². The van der Waals surface area contributed by atoms with E-state index in [0.717, 1.165) is 41.2 Å². The summed E-state index contributed by atoms with van der Waals surface area (Å²) >= 11 is 1.47. The van der Waals surface area contributed by atoms with E-state index in [-0.39, 0.29) is 11.8 Å². The van der Waals surface area contributed by atoms with Crippen LogP contribution in [0.2, 0.25) is 0 Å². The van der Waals surface area contributed by atoms with Crippen LogP contribution in [0.3, 0.4) is 0 Å². The van der Waals surface area contributed by atoms with E-state index < -0.39 is 0 Å². The first kappa shape index (κ1) is 17.6. The van der Waals surface area contributed by atoms with Gasteiger partial charge in [-0.25, -0.2) is 4.98 Å². The van der Waals surface area contributed by atoms with Crippen molar-refractivity contribution in [2.45, 2.75) is 38.6 Å². The van der Waals surface area contributed by atoms with Gasteiger partial charge in [-0.15, -0.1) is 0 Å². The Hall–Kier alpha value is -2.78. The molecule has 0 spiro atoms. The lowest BCUT2D eigenvalue weighted by Crippen LogP contribution is -2.36. The summed E-state index contributed by atoms with van der Waals surface area (Å²) in [7, 11) is 0. The number of thiazole rings is 1. The average molecular weight is 376 g/mol. The minimum Gasteiger partial charge on any atom is -0.338 e. The van der Waals surface area contributed by atoms with Crippen molar-refractivity contribution >= 4 is 32.6 Å². The minimum absolute atomic E-state index is 0.124. The van der Waals surface area contributed by atoms with E-state index in [1.165, 1.54) is 16.9 Å². The molecule has 0 saturated carbocycles. The Labute approximate surface area is 162 Å². The average Bonchev–Trinajstić information content (AvgIpc) is 3.33. The smallest absolute Gasteiger partial charge is 0.188 e. The van der Waals surface area contributed by atoms with E-state index >= 15 is 0 Å². The Morgan fingerprint density at radius 2 is 2.19 bits per heavy atom. The van der Waals surface area contributed by atoms with Crippen molar-refractivity contribution in [3.8, 4) is 6.07 Å². The number of ketones is 1. The highest BCUT2D eigenvalue weighted by Gasteiger charge is 2.32. The maximum absolute atomic E-state index is 12.9. The van der Waals surface area contributed by atoms with Crippen LogP contribution in [-0.4, -0.2) is 28.3 Å². The van der Waals surface area contributed by atoms with Crippen LogP contribution in [-0.2, 0) is 11.2 Å². The fourth-order valence-electron chi connectivity index (χ4n) is 3.62. The molecule has 0 unspecified atom stereocenters. The van der Waals surface area contributed by atoms with Gasteiger partial charge in [0, 0.05) is 19.2 Å². The number of nitrogens with zero attached hydrogens (tertiary/aromatic N) is 4. The standard InChI is InChI=1S/C21H20N4OS/c1-14-13-23-20-19(16(14)12-22)27-21(24-20)25-11-5-8-17(25)18(26)10-9-15-6-3-2-4-7-15/h2-4,6-7,13,17H,5,8-11H2,1H3/t17-/m1/s1. The van der Waals surface area contributed by atoms with Crippen molar-refractivity contribution in [2.75, 3.05) is 11.4 Å². The molecule has 6 heteroatoms. The quantitative estimate of drug-likeness (QED) is 0.672. The zero-order valence-corrected chi connectivity index (χ0v) is 16.0. The van der Waals surface area contributed by atoms with Crippen molar-refractivity contribution in [1.29, 1.82) is 5.26 Å². The third kappa shape index (κ3) is 3.43. The van der Waals surface area contributed by atoms with E-state index in [1.807, 2.05) is 25.1 Å². The summed E-state index contributed by atoms with van der Waals surface area (Å²) in [5, 5.41) is 10.2. The molecule has 5 nitrogen and oxygen atoms in total. The lowest BCUT2D eigenvalue weighted by atomic mass is 10.0. The molecular formula is C21H20N4OS. The van der Waals surface area contributed by atoms with E-state index in [9.17, 15) is 10.1 Å². The Morgan fingerprint density at radius 3 is 2.96 bits per heavy atom. The summed E-state index contributed by atoms with van der Waals surface area (Å²) in [6, 6.07) is 12.3. The summed E-state index contributed by atoms with van der Waals surface area (Å²) in [6.45, 7) is 2.71. The Bertz CT molecular complexity index is 1020. The van der Waals surface area contributed by atoms with Crippen molar-refractivity contribution in [1.82, 2.24) is 9.97 Å². The first-order valence-corrected chi connectivity index (χ1v) is 9.98. The van der Waals surface area contributed by atoms with Gasteiger partial charge >= 0.3 is 0 Å². The number of carbonyl (C=O) groups excluding carboxylic acids is 1.